The monoisotopic (exact) mass is 312 g/mol. The van der Waals surface area contributed by atoms with Gasteiger partial charge >= 0.3 is 0 Å². The predicted octanol–water partition coefficient (Wildman–Crippen LogP) is 2.44. The molecule has 1 atom stereocenters. The Morgan fingerprint density at radius 2 is 2.26 bits per heavy atom. The van der Waals surface area contributed by atoms with Crippen LogP contribution in [0.25, 0.3) is 0 Å². The fraction of sp³-hybridized carbons (Fsp3) is 0.353. The first-order valence-electron chi connectivity index (χ1n) is 7.76. The molecule has 0 saturated carbocycles. The quantitative estimate of drug-likeness (QED) is 0.887. The Balaban J connectivity index is 1.63. The number of carbonyl (C=O) groups is 1. The maximum atomic E-state index is 12.2. The van der Waals surface area contributed by atoms with E-state index in [4.69, 9.17) is 4.74 Å². The van der Waals surface area contributed by atoms with E-state index in [9.17, 15) is 4.79 Å². The molecule has 120 valence electrons. The minimum atomic E-state index is -0.213. The van der Waals surface area contributed by atoms with Gasteiger partial charge in [-0.2, -0.15) is 0 Å². The van der Waals surface area contributed by atoms with Crippen LogP contribution in [0.1, 0.15) is 28.9 Å². The Bertz CT molecular complexity index is 684. The van der Waals surface area contributed by atoms with Crippen molar-refractivity contribution in [2.24, 2.45) is 0 Å². The number of hydrogen-bond donors (Lipinski definition) is 2. The summed E-state index contributed by atoms with van der Waals surface area (Å²) in [5, 5.41) is 6.04. The van der Waals surface area contributed by atoms with E-state index in [1.54, 1.807) is 6.07 Å². The molecule has 1 fully saturated rings. The van der Waals surface area contributed by atoms with Gasteiger partial charge in [-0.25, -0.2) is 9.97 Å². The zero-order valence-electron chi connectivity index (χ0n) is 13.1. The average molecular weight is 312 g/mol. The fourth-order valence-corrected chi connectivity index (χ4v) is 2.52. The standard InChI is InChI=1S/C17H20N4O2/c1-12-4-2-5-13(8-12)21-16-9-15(19-11-20-16)17(22)18-10-14-6-3-7-23-14/h2,4-5,8-9,11,14H,3,6-7,10H2,1H3,(H,18,22)(H,19,20,21). The van der Waals surface area contributed by atoms with E-state index in [2.05, 4.69) is 20.6 Å². The van der Waals surface area contributed by atoms with Gasteiger partial charge < -0.3 is 15.4 Å². The Morgan fingerprint density at radius 3 is 3.04 bits per heavy atom. The van der Waals surface area contributed by atoms with Crippen molar-refractivity contribution in [1.82, 2.24) is 15.3 Å². The van der Waals surface area contributed by atoms with Gasteiger partial charge in [0.2, 0.25) is 0 Å². The highest BCUT2D eigenvalue weighted by molar-refractivity contribution is 5.93. The van der Waals surface area contributed by atoms with Crippen LogP contribution in [0.3, 0.4) is 0 Å². The number of nitrogens with one attached hydrogen (secondary N) is 2. The number of benzene rings is 1. The summed E-state index contributed by atoms with van der Waals surface area (Å²) < 4.78 is 5.49. The number of rotatable bonds is 5. The first-order chi connectivity index (χ1) is 11.2. The third-order valence-corrected chi connectivity index (χ3v) is 3.70. The van der Waals surface area contributed by atoms with Crippen molar-refractivity contribution in [1.29, 1.82) is 0 Å². The predicted molar refractivity (Wildman–Crippen MR) is 87.8 cm³/mol. The van der Waals surface area contributed by atoms with Gasteiger partial charge in [0.05, 0.1) is 6.10 Å². The molecule has 0 spiro atoms. The second-order valence-electron chi connectivity index (χ2n) is 5.63. The van der Waals surface area contributed by atoms with Crippen LogP contribution in [0, 0.1) is 6.92 Å². The van der Waals surface area contributed by atoms with Gasteiger partial charge in [-0.05, 0) is 37.5 Å². The van der Waals surface area contributed by atoms with Crippen molar-refractivity contribution in [3.63, 3.8) is 0 Å². The highest BCUT2D eigenvalue weighted by atomic mass is 16.5. The number of aryl methyl sites for hydroxylation is 1. The lowest BCUT2D eigenvalue weighted by Gasteiger charge is -2.11. The summed E-state index contributed by atoms with van der Waals surface area (Å²) in [6, 6.07) is 9.60. The van der Waals surface area contributed by atoms with Crippen LogP contribution in [0.4, 0.5) is 11.5 Å². The van der Waals surface area contributed by atoms with Gasteiger partial charge in [0.1, 0.15) is 17.8 Å². The van der Waals surface area contributed by atoms with Crippen LogP contribution in [-0.4, -0.2) is 35.1 Å². The minimum absolute atomic E-state index is 0.116. The number of ether oxygens (including phenoxy) is 1. The summed E-state index contributed by atoms with van der Waals surface area (Å²) >= 11 is 0. The fourth-order valence-electron chi connectivity index (χ4n) is 2.52. The maximum absolute atomic E-state index is 12.2. The van der Waals surface area contributed by atoms with E-state index >= 15 is 0 Å². The average Bonchev–Trinajstić information content (AvgIpc) is 3.06. The molecular weight excluding hydrogens is 292 g/mol. The third kappa shape index (κ3) is 4.26. The van der Waals surface area contributed by atoms with Crippen LogP contribution >= 0.6 is 0 Å². The van der Waals surface area contributed by atoms with Crippen LogP contribution in [0.2, 0.25) is 0 Å². The first-order valence-corrected chi connectivity index (χ1v) is 7.76. The van der Waals surface area contributed by atoms with Crippen LogP contribution in [0.5, 0.6) is 0 Å². The largest absolute Gasteiger partial charge is 0.376 e. The third-order valence-electron chi connectivity index (χ3n) is 3.70. The zero-order valence-corrected chi connectivity index (χ0v) is 13.1. The van der Waals surface area contributed by atoms with Gasteiger partial charge in [-0.15, -0.1) is 0 Å². The van der Waals surface area contributed by atoms with Crippen LogP contribution < -0.4 is 10.6 Å². The van der Waals surface area contributed by atoms with Crippen LogP contribution in [-0.2, 0) is 4.74 Å². The van der Waals surface area contributed by atoms with Crippen molar-refractivity contribution in [2.45, 2.75) is 25.9 Å². The topological polar surface area (TPSA) is 76.1 Å². The van der Waals surface area contributed by atoms with Gasteiger partial charge in [0.15, 0.2) is 0 Å². The van der Waals surface area contributed by atoms with E-state index in [0.717, 1.165) is 30.7 Å². The summed E-state index contributed by atoms with van der Waals surface area (Å²) in [6.45, 7) is 3.32. The number of aromatic nitrogens is 2. The van der Waals surface area contributed by atoms with Crippen molar-refractivity contribution >= 4 is 17.4 Å². The second-order valence-corrected chi connectivity index (χ2v) is 5.63. The summed E-state index contributed by atoms with van der Waals surface area (Å²) in [4.78, 5) is 20.4. The molecule has 6 heteroatoms. The molecule has 0 aliphatic carbocycles. The van der Waals surface area contributed by atoms with E-state index in [-0.39, 0.29) is 12.0 Å². The smallest absolute Gasteiger partial charge is 0.270 e. The van der Waals surface area contributed by atoms with Crippen molar-refractivity contribution in [2.75, 3.05) is 18.5 Å². The Hall–Kier alpha value is -2.47. The number of hydrogen-bond acceptors (Lipinski definition) is 5. The Kier molecular flexibility index (Phi) is 4.83. The number of carbonyl (C=O) groups excluding carboxylic acids is 1. The van der Waals surface area contributed by atoms with Crippen molar-refractivity contribution < 1.29 is 9.53 Å². The van der Waals surface area contributed by atoms with E-state index < -0.39 is 0 Å². The van der Waals surface area contributed by atoms with Crippen LogP contribution in [0.15, 0.2) is 36.7 Å². The molecule has 1 aromatic carbocycles. The molecular formula is C17H20N4O2. The lowest BCUT2D eigenvalue weighted by molar-refractivity contribution is 0.0853. The molecule has 2 N–H and O–H groups in total. The van der Waals surface area contributed by atoms with E-state index in [0.29, 0.717) is 18.1 Å². The SMILES string of the molecule is Cc1cccc(Nc2cc(C(=O)NCC3CCCO3)ncn2)c1. The molecule has 1 saturated heterocycles. The molecule has 2 aromatic rings. The van der Waals surface area contributed by atoms with Gasteiger partial charge in [-0.1, -0.05) is 12.1 Å². The summed E-state index contributed by atoms with van der Waals surface area (Å²) in [7, 11) is 0. The molecule has 0 radical (unpaired) electrons. The second kappa shape index (κ2) is 7.19. The maximum Gasteiger partial charge on any atom is 0.270 e. The minimum Gasteiger partial charge on any atom is -0.376 e. The lowest BCUT2D eigenvalue weighted by Crippen LogP contribution is -2.32. The molecule has 3 rings (SSSR count). The lowest BCUT2D eigenvalue weighted by atomic mass is 10.2. The highest BCUT2D eigenvalue weighted by Gasteiger charge is 2.17. The number of anilines is 2. The number of nitrogens with zero attached hydrogens (tertiary/aromatic N) is 2. The molecule has 1 unspecified atom stereocenters. The normalized spacial score (nSPS) is 17.0. The van der Waals surface area contributed by atoms with Gasteiger partial charge in [0.25, 0.3) is 5.91 Å². The summed E-state index contributed by atoms with van der Waals surface area (Å²) in [5.74, 6) is 0.378. The molecule has 2 heterocycles. The molecule has 1 aliphatic rings. The van der Waals surface area contributed by atoms with Crippen molar-refractivity contribution in [3.05, 3.63) is 47.9 Å². The Morgan fingerprint density at radius 1 is 1.35 bits per heavy atom. The molecule has 0 bridgehead atoms. The number of amides is 1. The molecule has 1 amide bonds. The van der Waals surface area contributed by atoms with E-state index in [1.165, 1.54) is 6.33 Å². The Labute approximate surface area is 135 Å². The first kappa shape index (κ1) is 15.4. The highest BCUT2D eigenvalue weighted by Crippen LogP contribution is 2.16. The zero-order chi connectivity index (χ0) is 16.1. The summed E-state index contributed by atoms with van der Waals surface area (Å²) in [5.41, 5.74) is 2.42. The van der Waals surface area contributed by atoms with E-state index in [1.807, 2.05) is 31.2 Å². The van der Waals surface area contributed by atoms with Crippen molar-refractivity contribution in [3.8, 4) is 0 Å². The molecule has 6 nitrogen and oxygen atoms in total. The van der Waals surface area contributed by atoms with Gasteiger partial charge in [-0.3, -0.25) is 4.79 Å². The molecule has 23 heavy (non-hydrogen) atoms. The summed E-state index contributed by atoms with van der Waals surface area (Å²) in [6.07, 6.45) is 3.55. The molecule has 1 aromatic heterocycles. The van der Waals surface area contributed by atoms with Gasteiger partial charge in [0, 0.05) is 24.9 Å². The molecule has 1 aliphatic heterocycles.